The topological polar surface area (TPSA) is 38.5 Å². The van der Waals surface area contributed by atoms with Gasteiger partial charge in [0.15, 0.2) is 0 Å². The number of nitrogens with zero attached hydrogens (tertiary/aromatic N) is 1. The fourth-order valence-electron chi connectivity index (χ4n) is 1.05. The summed E-state index contributed by atoms with van der Waals surface area (Å²) in [5.41, 5.74) is 6.38. The van der Waals surface area contributed by atoms with Gasteiger partial charge in [-0.15, -0.1) is 0 Å². The summed E-state index contributed by atoms with van der Waals surface area (Å²) in [6.07, 6.45) is 0. The van der Waals surface area contributed by atoms with Gasteiger partial charge in [-0.25, -0.2) is 0 Å². The maximum Gasteiger partial charge on any atom is 0.147 e. The number of hydrogen-bond acceptors (Lipinski definition) is 3. The van der Waals surface area contributed by atoms with E-state index in [9.17, 15) is 0 Å². The van der Waals surface area contributed by atoms with E-state index in [0.29, 0.717) is 12.3 Å². The Morgan fingerprint density at radius 2 is 1.80 bits per heavy atom. The molecule has 84 valence electrons. The number of anilines is 1. The van der Waals surface area contributed by atoms with Crippen LogP contribution < -0.4 is 10.5 Å². The summed E-state index contributed by atoms with van der Waals surface area (Å²) >= 11 is 6.83. The summed E-state index contributed by atoms with van der Waals surface area (Å²) in [5.74, 6) is 0.797. The van der Waals surface area contributed by atoms with Gasteiger partial charge in [0.05, 0.1) is 8.95 Å². The molecule has 1 aromatic rings. The molecule has 0 bridgehead atoms. The van der Waals surface area contributed by atoms with Crippen molar-refractivity contribution in [3.8, 4) is 5.75 Å². The van der Waals surface area contributed by atoms with E-state index in [1.807, 2.05) is 26.2 Å². The Morgan fingerprint density at radius 3 is 2.27 bits per heavy atom. The van der Waals surface area contributed by atoms with E-state index in [4.69, 9.17) is 10.5 Å². The molecule has 0 aliphatic rings. The predicted molar refractivity (Wildman–Crippen MR) is 70.3 cm³/mol. The molecule has 1 rings (SSSR count). The molecule has 1 aromatic carbocycles. The number of likely N-dealkylation sites (N-methyl/N-ethyl adjacent to an activating group) is 1. The zero-order valence-electron chi connectivity index (χ0n) is 8.76. The first-order chi connectivity index (χ1) is 7.00. The minimum atomic E-state index is 0.647. The molecule has 0 amide bonds. The normalized spacial score (nSPS) is 10.7. The molecule has 0 unspecified atom stereocenters. The summed E-state index contributed by atoms with van der Waals surface area (Å²) in [6.45, 7) is 1.53. The number of nitrogens with two attached hydrogens (primary N) is 1. The molecule has 0 aromatic heterocycles. The molecule has 2 N–H and O–H groups in total. The fourth-order valence-corrected chi connectivity index (χ4v) is 2.50. The highest BCUT2D eigenvalue weighted by Gasteiger charge is 2.07. The van der Waals surface area contributed by atoms with Gasteiger partial charge in [-0.2, -0.15) is 0 Å². The van der Waals surface area contributed by atoms with Crippen LogP contribution in [-0.2, 0) is 0 Å². The zero-order chi connectivity index (χ0) is 11.4. The van der Waals surface area contributed by atoms with E-state index in [1.165, 1.54) is 0 Å². The molecular weight excluding hydrogens is 324 g/mol. The number of nitrogen functional groups attached to an aromatic ring is 1. The molecule has 0 aliphatic carbocycles. The van der Waals surface area contributed by atoms with E-state index >= 15 is 0 Å². The third kappa shape index (κ3) is 4.01. The molecule has 0 atom stereocenters. The molecule has 0 heterocycles. The first-order valence-electron chi connectivity index (χ1n) is 4.52. The van der Waals surface area contributed by atoms with Crippen molar-refractivity contribution in [2.75, 3.05) is 33.0 Å². The highest BCUT2D eigenvalue weighted by molar-refractivity contribution is 9.11. The van der Waals surface area contributed by atoms with Gasteiger partial charge >= 0.3 is 0 Å². The first-order valence-corrected chi connectivity index (χ1v) is 6.11. The molecular formula is C10H14Br2N2O. The van der Waals surface area contributed by atoms with E-state index in [1.54, 1.807) is 0 Å². The summed E-state index contributed by atoms with van der Waals surface area (Å²) in [6, 6.07) is 3.66. The van der Waals surface area contributed by atoms with Crippen molar-refractivity contribution in [2.45, 2.75) is 0 Å². The maximum atomic E-state index is 5.68. The Morgan fingerprint density at radius 1 is 1.27 bits per heavy atom. The van der Waals surface area contributed by atoms with Crippen molar-refractivity contribution in [1.29, 1.82) is 0 Å². The van der Waals surface area contributed by atoms with Gasteiger partial charge in [0.2, 0.25) is 0 Å². The number of benzene rings is 1. The fraction of sp³-hybridized carbons (Fsp3) is 0.400. The number of halogens is 2. The second-order valence-electron chi connectivity index (χ2n) is 3.47. The molecule has 15 heavy (non-hydrogen) atoms. The van der Waals surface area contributed by atoms with Crippen LogP contribution >= 0.6 is 31.9 Å². The number of ether oxygens (including phenoxy) is 1. The number of hydrogen-bond donors (Lipinski definition) is 1. The molecule has 0 saturated carbocycles. The maximum absolute atomic E-state index is 5.68. The molecule has 0 saturated heterocycles. The SMILES string of the molecule is CN(C)CCOc1c(Br)cc(N)cc1Br. The molecule has 0 aliphatic heterocycles. The van der Waals surface area contributed by atoms with Crippen LogP contribution in [0.5, 0.6) is 5.75 Å². The molecule has 3 nitrogen and oxygen atoms in total. The Balaban J connectivity index is 2.68. The van der Waals surface area contributed by atoms with Gasteiger partial charge in [-0.3, -0.25) is 0 Å². The van der Waals surface area contributed by atoms with Gasteiger partial charge in [0.25, 0.3) is 0 Å². The van der Waals surface area contributed by atoms with E-state index in [-0.39, 0.29) is 0 Å². The van der Waals surface area contributed by atoms with Crippen molar-refractivity contribution in [3.63, 3.8) is 0 Å². The lowest BCUT2D eigenvalue weighted by atomic mass is 10.3. The van der Waals surface area contributed by atoms with E-state index in [2.05, 4.69) is 36.8 Å². The average molecular weight is 338 g/mol. The summed E-state index contributed by atoms with van der Waals surface area (Å²) in [5, 5.41) is 0. The minimum Gasteiger partial charge on any atom is -0.490 e. The van der Waals surface area contributed by atoms with E-state index < -0.39 is 0 Å². The third-order valence-corrected chi connectivity index (χ3v) is 2.98. The Kier molecular flexibility index (Phi) is 4.89. The lowest BCUT2D eigenvalue weighted by Crippen LogP contribution is -2.19. The molecule has 0 fully saturated rings. The van der Waals surface area contributed by atoms with Gasteiger partial charge in [0.1, 0.15) is 12.4 Å². The Hall–Kier alpha value is -0.260. The van der Waals surface area contributed by atoms with Crippen LogP contribution in [0.3, 0.4) is 0 Å². The van der Waals surface area contributed by atoms with Crippen molar-refractivity contribution in [3.05, 3.63) is 21.1 Å². The third-order valence-electron chi connectivity index (χ3n) is 1.81. The predicted octanol–water partition coefficient (Wildman–Crippen LogP) is 2.73. The van der Waals surface area contributed by atoms with Crippen LogP contribution in [0.1, 0.15) is 0 Å². The Bertz CT molecular complexity index is 319. The molecule has 5 heteroatoms. The second kappa shape index (κ2) is 5.72. The molecule has 0 radical (unpaired) electrons. The highest BCUT2D eigenvalue weighted by atomic mass is 79.9. The van der Waals surface area contributed by atoms with E-state index in [0.717, 1.165) is 21.2 Å². The van der Waals surface area contributed by atoms with Gasteiger partial charge < -0.3 is 15.4 Å². The monoisotopic (exact) mass is 336 g/mol. The standard InChI is InChI=1S/C10H14Br2N2O/c1-14(2)3-4-15-10-8(11)5-7(13)6-9(10)12/h5-6H,3-4,13H2,1-2H3. The summed E-state index contributed by atoms with van der Waals surface area (Å²) < 4.78 is 7.38. The summed E-state index contributed by atoms with van der Waals surface area (Å²) in [4.78, 5) is 2.07. The first kappa shape index (κ1) is 12.8. The van der Waals surface area contributed by atoms with Crippen LogP contribution in [0.15, 0.2) is 21.1 Å². The molecule has 0 spiro atoms. The Labute approximate surface area is 107 Å². The van der Waals surface area contributed by atoms with Crippen LogP contribution in [0.25, 0.3) is 0 Å². The van der Waals surface area contributed by atoms with Crippen LogP contribution in [0.2, 0.25) is 0 Å². The highest BCUT2D eigenvalue weighted by Crippen LogP contribution is 2.35. The smallest absolute Gasteiger partial charge is 0.147 e. The van der Waals surface area contributed by atoms with Crippen molar-refractivity contribution >= 4 is 37.5 Å². The van der Waals surface area contributed by atoms with Crippen LogP contribution in [0, 0.1) is 0 Å². The largest absolute Gasteiger partial charge is 0.490 e. The van der Waals surface area contributed by atoms with Crippen molar-refractivity contribution in [1.82, 2.24) is 4.90 Å². The minimum absolute atomic E-state index is 0.647. The quantitative estimate of drug-likeness (QED) is 0.858. The van der Waals surface area contributed by atoms with Crippen molar-refractivity contribution in [2.24, 2.45) is 0 Å². The number of rotatable bonds is 4. The average Bonchev–Trinajstić information content (AvgIpc) is 2.08. The lowest BCUT2D eigenvalue weighted by molar-refractivity contribution is 0.259. The second-order valence-corrected chi connectivity index (χ2v) is 5.17. The van der Waals surface area contributed by atoms with Crippen LogP contribution in [0.4, 0.5) is 5.69 Å². The summed E-state index contributed by atoms with van der Waals surface area (Å²) in [7, 11) is 4.02. The van der Waals surface area contributed by atoms with Crippen LogP contribution in [-0.4, -0.2) is 32.1 Å². The lowest BCUT2D eigenvalue weighted by Gasteiger charge is -2.13. The zero-order valence-corrected chi connectivity index (χ0v) is 11.9. The van der Waals surface area contributed by atoms with Gasteiger partial charge in [0, 0.05) is 12.2 Å². The van der Waals surface area contributed by atoms with Crippen molar-refractivity contribution < 1.29 is 4.74 Å². The van der Waals surface area contributed by atoms with Gasteiger partial charge in [-0.1, -0.05) is 0 Å². The van der Waals surface area contributed by atoms with Gasteiger partial charge in [-0.05, 0) is 58.1 Å².